The Morgan fingerprint density at radius 3 is 2.78 bits per heavy atom. The zero-order chi connectivity index (χ0) is 18.5. The molecule has 142 valence electrons. The minimum Gasteiger partial charge on any atom is -0.473 e. The average molecular weight is 385 g/mol. The fourth-order valence-electron chi connectivity index (χ4n) is 3.17. The number of anilines is 2. The van der Waals surface area contributed by atoms with Gasteiger partial charge in [-0.05, 0) is 42.5 Å². The molecule has 7 heteroatoms. The number of rotatable bonds is 5. The van der Waals surface area contributed by atoms with Crippen molar-refractivity contribution < 1.29 is 14.3 Å². The van der Waals surface area contributed by atoms with Gasteiger partial charge in [0, 0.05) is 48.0 Å². The molecular weight excluding hydrogens is 362 g/mol. The highest BCUT2D eigenvalue weighted by molar-refractivity contribution is 7.99. The molecule has 3 heterocycles. The van der Waals surface area contributed by atoms with Gasteiger partial charge in [0.2, 0.25) is 5.88 Å². The topological polar surface area (TPSA) is 63.7 Å². The Morgan fingerprint density at radius 1 is 1.22 bits per heavy atom. The fourth-order valence-corrected chi connectivity index (χ4v) is 4.27. The molecule has 0 saturated carbocycles. The summed E-state index contributed by atoms with van der Waals surface area (Å²) in [6.07, 6.45) is 2.83. The smallest absolute Gasteiger partial charge is 0.255 e. The van der Waals surface area contributed by atoms with Crippen molar-refractivity contribution in [3.05, 3.63) is 48.2 Å². The van der Waals surface area contributed by atoms with Gasteiger partial charge in [0.05, 0.1) is 13.2 Å². The normalized spacial score (nSPS) is 19.7. The molecule has 2 aromatic rings. The van der Waals surface area contributed by atoms with Crippen LogP contribution in [0.1, 0.15) is 16.8 Å². The first kappa shape index (κ1) is 18.1. The van der Waals surface area contributed by atoms with Crippen molar-refractivity contribution in [3.63, 3.8) is 0 Å². The Labute approximate surface area is 163 Å². The summed E-state index contributed by atoms with van der Waals surface area (Å²) in [7, 11) is 0. The SMILES string of the molecule is O=C(Nc1ccc(N2CCOCC2)cc1)c1ccnc(O[C@H]2CCSC2)c1. The Bertz CT molecular complexity index is 772. The molecule has 4 rings (SSSR count). The van der Waals surface area contributed by atoms with E-state index in [0.29, 0.717) is 11.4 Å². The van der Waals surface area contributed by atoms with Crippen molar-refractivity contribution in [3.8, 4) is 5.88 Å². The van der Waals surface area contributed by atoms with Crippen LogP contribution in [0.15, 0.2) is 42.6 Å². The van der Waals surface area contributed by atoms with Gasteiger partial charge in [0.25, 0.3) is 5.91 Å². The number of morpholine rings is 1. The van der Waals surface area contributed by atoms with Crippen LogP contribution in [0, 0.1) is 0 Å². The summed E-state index contributed by atoms with van der Waals surface area (Å²) in [6.45, 7) is 3.30. The second kappa shape index (κ2) is 8.63. The third kappa shape index (κ3) is 4.73. The first-order valence-electron chi connectivity index (χ1n) is 9.22. The highest BCUT2D eigenvalue weighted by atomic mass is 32.2. The van der Waals surface area contributed by atoms with Crippen LogP contribution in [-0.4, -0.2) is 54.8 Å². The molecule has 0 bridgehead atoms. The maximum absolute atomic E-state index is 12.6. The van der Waals surface area contributed by atoms with Crippen LogP contribution in [0.3, 0.4) is 0 Å². The monoisotopic (exact) mass is 385 g/mol. The number of nitrogens with one attached hydrogen (secondary N) is 1. The first-order valence-corrected chi connectivity index (χ1v) is 10.4. The Kier molecular flexibility index (Phi) is 5.79. The average Bonchev–Trinajstić information content (AvgIpc) is 3.22. The maximum atomic E-state index is 12.6. The molecule has 2 aliphatic rings. The lowest BCUT2D eigenvalue weighted by molar-refractivity contribution is 0.102. The van der Waals surface area contributed by atoms with E-state index >= 15 is 0 Å². The molecule has 1 amide bonds. The van der Waals surface area contributed by atoms with Crippen molar-refractivity contribution in [2.45, 2.75) is 12.5 Å². The molecular formula is C20H23N3O3S. The molecule has 0 aliphatic carbocycles. The number of aromatic nitrogens is 1. The maximum Gasteiger partial charge on any atom is 0.255 e. The third-order valence-electron chi connectivity index (χ3n) is 4.67. The Morgan fingerprint density at radius 2 is 2.04 bits per heavy atom. The van der Waals surface area contributed by atoms with Crippen molar-refractivity contribution in [1.29, 1.82) is 0 Å². The van der Waals surface area contributed by atoms with Crippen LogP contribution in [0.25, 0.3) is 0 Å². The molecule has 2 aliphatic heterocycles. The largest absolute Gasteiger partial charge is 0.473 e. The Balaban J connectivity index is 1.38. The molecule has 0 spiro atoms. The van der Waals surface area contributed by atoms with Crippen LogP contribution < -0.4 is 15.0 Å². The van der Waals surface area contributed by atoms with E-state index < -0.39 is 0 Å². The minimum atomic E-state index is -0.165. The number of amides is 1. The summed E-state index contributed by atoms with van der Waals surface area (Å²) in [5.74, 6) is 2.44. The number of nitrogens with zero attached hydrogens (tertiary/aromatic N) is 2. The zero-order valence-corrected chi connectivity index (χ0v) is 15.9. The lowest BCUT2D eigenvalue weighted by Crippen LogP contribution is -2.36. The standard InChI is InChI=1S/C20H23N3O3S/c24-20(15-5-7-21-19(13-15)26-18-6-12-27-14-18)22-16-1-3-17(4-2-16)23-8-10-25-11-9-23/h1-5,7,13,18H,6,8-12,14H2,(H,22,24)/t18-/m0/s1. The van der Waals surface area contributed by atoms with E-state index in [-0.39, 0.29) is 12.0 Å². The van der Waals surface area contributed by atoms with Gasteiger partial charge in [-0.15, -0.1) is 0 Å². The lowest BCUT2D eigenvalue weighted by Gasteiger charge is -2.28. The summed E-state index contributed by atoms with van der Waals surface area (Å²) in [5, 5.41) is 2.94. The number of pyridine rings is 1. The summed E-state index contributed by atoms with van der Waals surface area (Å²) < 4.78 is 11.3. The molecule has 1 N–H and O–H groups in total. The van der Waals surface area contributed by atoms with Crippen LogP contribution in [0.4, 0.5) is 11.4 Å². The molecule has 2 fully saturated rings. The van der Waals surface area contributed by atoms with Crippen LogP contribution >= 0.6 is 11.8 Å². The van der Waals surface area contributed by atoms with E-state index in [0.717, 1.165) is 55.6 Å². The summed E-state index contributed by atoms with van der Waals surface area (Å²) in [6, 6.07) is 11.3. The van der Waals surface area contributed by atoms with Crippen LogP contribution in [-0.2, 0) is 4.74 Å². The third-order valence-corrected chi connectivity index (χ3v) is 5.81. The van der Waals surface area contributed by atoms with Gasteiger partial charge in [-0.1, -0.05) is 0 Å². The number of ether oxygens (including phenoxy) is 2. The molecule has 0 radical (unpaired) electrons. The van der Waals surface area contributed by atoms with Crippen LogP contribution in [0.2, 0.25) is 0 Å². The van der Waals surface area contributed by atoms with Gasteiger partial charge in [-0.3, -0.25) is 4.79 Å². The molecule has 1 atom stereocenters. The van der Waals surface area contributed by atoms with Gasteiger partial charge in [-0.25, -0.2) is 4.98 Å². The number of benzene rings is 1. The van der Waals surface area contributed by atoms with Gasteiger partial charge in [-0.2, -0.15) is 11.8 Å². The highest BCUT2D eigenvalue weighted by Gasteiger charge is 2.18. The number of carbonyl (C=O) groups is 1. The van der Waals surface area contributed by atoms with E-state index in [9.17, 15) is 4.79 Å². The zero-order valence-electron chi connectivity index (χ0n) is 15.1. The van der Waals surface area contributed by atoms with Gasteiger partial charge < -0.3 is 19.7 Å². The van der Waals surface area contributed by atoms with E-state index in [1.165, 1.54) is 0 Å². The quantitative estimate of drug-likeness (QED) is 0.854. The molecule has 1 aromatic carbocycles. The van der Waals surface area contributed by atoms with E-state index in [2.05, 4.69) is 15.2 Å². The number of hydrogen-bond donors (Lipinski definition) is 1. The summed E-state index contributed by atoms with van der Waals surface area (Å²) in [4.78, 5) is 19.1. The van der Waals surface area contributed by atoms with Crippen molar-refractivity contribution in [2.24, 2.45) is 0 Å². The number of thioether (sulfide) groups is 1. The number of hydrogen-bond acceptors (Lipinski definition) is 6. The highest BCUT2D eigenvalue weighted by Crippen LogP contribution is 2.23. The van der Waals surface area contributed by atoms with Gasteiger partial charge in [0.15, 0.2) is 0 Å². The van der Waals surface area contributed by atoms with E-state index in [1.807, 2.05) is 36.0 Å². The van der Waals surface area contributed by atoms with Crippen molar-refractivity contribution >= 4 is 29.0 Å². The Hall–Kier alpha value is -2.25. The van der Waals surface area contributed by atoms with Crippen molar-refractivity contribution in [2.75, 3.05) is 48.0 Å². The fraction of sp³-hybridized carbons (Fsp3) is 0.400. The molecule has 0 unspecified atom stereocenters. The minimum absolute atomic E-state index is 0.165. The second-order valence-corrected chi connectivity index (χ2v) is 7.74. The molecule has 2 saturated heterocycles. The summed E-state index contributed by atoms with van der Waals surface area (Å²) in [5.41, 5.74) is 2.46. The summed E-state index contributed by atoms with van der Waals surface area (Å²) >= 11 is 1.88. The predicted molar refractivity (Wildman–Crippen MR) is 108 cm³/mol. The number of carbonyl (C=O) groups excluding carboxylic acids is 1. The first-order chi connectivity index (χ1) is 13.3. The second-order valence-electron chi connectivity index (χ2n) is 6.59. The van der Waals surface area contributed by atoms with Crippen molar-refractivity contribution in [1.82, 2.24) is 4.98 Å². The predicted octanol–water partition coefficient (Wildman–Crippen LogP) is 3.05. The van der Waals surface area contributed by atoms with E-state index in [4.69, 9.17) is 9.47 Å². The molecule has 1 aromatic heterocycles. The molecule has 27 heavy (non-hydrogen) atoms. The van der Waals surface area contributed by atoms with Gasteiger partial charge in [0.1, 0.15) is 6.10 Å². The lowest BCUT2D eigenvalue weighted by atomic mass is 10.2. The van der Waals surface area contributed by atoms with E-state index in [1.54, 1.807) is 18.3 Å². The van der Waals surface area contributed by atoms with Crippen LogP contribution in [0.5, 0.6) is 5.88 Å². The van der Waals surface area contributed by atoms with Gasteiger partial charge >= 0.3 is 0 Å². The molecule has 6 nitrogen and oxygen atoms in total.